The van der Waals surface area contributed by atoms with Crippen LogP contribution in [0.15, 0.2) is 28.8 Å². The van der Waals surface area contributed by atoms with E-state index in [9.17, 15) is 5.11 Å². The van der Waals surface area contributed by atoms with Crippen molar-refractivity contribution in [3.05, 3.63) is 46.6 Å². The average molecular weight is 268 g/mol. The van der Waals surface area contributed by atoms with Crippen LogP contribution in [-0.2, 0) is 6.42 Å². The molecule has 2 aromatic rings. The Balaban J connectivity index is 2.04. The van der Waals surface area contributed by atoms with Crippen molar-refractivity contribution in [1.82, 2.24) is 10.1 Å². The van der Waals surface area contributed by atoms with Gasteiger partial charge in [-0.25, -0.2) is 0 Å². The zero-order valence-corrected chi connectivity index (χ0v) is 10.5. The van der Waals surface area contributed by atoms with Crippen molar-refractivity contribution in [1.29, 1.82) is 0 Å². The van der Waals surface area contributed by atoms with E-state index in [0.29, 0.717) is 30.2 Å². The number of hydrogen-bond donors (Lipinski definition) is 2. The third-order valence-electron chi connectivity index (χ3n) is 2.48. The molecule has 0 amide bonds. The first kappa shape index (κ1) is 13.0. The fraction of sp³-hybridized carbons (Fsp3) is 0.333. The van der Waals surface area contributed by atoms with Gasteiger partial charge in [0.25, 0.3) is 5.89 Å². The van der Waals surface area contributed by atoms with Crippen LogP contribution in [0.1, 0.15) is 29.8 Å². The van der Waals surface area contributed by atoms with E-state index in [1.165, 1.54) is 0 Å². The van der Waals surface area contributed by atoms with E-state index in [0.717, 1.165) is 5.56 Å². The molecular weight excluding hydrogens is 254 g/mol. The molecule has 0 aliphatic carbocycles. The Morgan fingerprint density at radius 3 is 2.72 bits per heavy atom. The summed E-state index contributed by atoms with van der Waals surface area (Å²) in [5.41, 5.74) is 6.38. The number of benzene rings is 1. The number of aromatic nitrogens is 2. The minimum atomic E-state index is -0.790. The number of nitrogens with zero attached hydrogens (tertiary/aromatic N) is 2. The molecule has 0 aliphatic heterocycles. The minimum Gasteiger partial charge on any atom is -0.383 e. The lowest BCUT2D eigenvalue weighted by Crippen LogP contribution is -2.07. The summed E-state index contributed by atoms with van der Waals surface area (Å²) >= 11 is 5.80. The van der Waals surface area contributed by atoms with Gasteiger partial charge in [-0.1, -0.05) is 28.9 Å². The van der Waals surface area contributed by atoms with E-state index in [2.05, 4.69) is 10.1 Å². The quantitative estimate of drug-likeness (QED) is 0.861. The first-order valence-corrected chi connectivity index (χ1v) is 6.02. The van der Waals surface area contributed by atoms with Crippen molar-refractivity contribution < 1.29 is 9.63 Å². The highest BCUT2D eigenvalue weighted by molar-refractivity contribution is 6.30. The Labute approximate surface area is 110 Å². The maximum absolute atomic E-state index is 9.64. The summed E-state index contributed by atoms with van der Waals surface area (Å²) in [6.45, 7) is 0.371. The average Bonchev–Trinajstić information content (AvgIpc) is 2.81. The molecule has 1 aromatic carbocycles. The largest absolute Gasteiger partial charge is 0.383 e. The first-order chi connectivity index (χ1) is 8.69. The summed E-state index contributed by atoms with van der Waals surface area (Å²) in [4.78, 5) is 4.13. The molecule has 2 rings (SSSR count). The van der Waals surface area contributed by atoms with Gasteiger partial charge in [0, 0.05) is 11.4 Å². The molecule has 1 heterocycles. The standard InChI is InChI=1S/C12H14ClN3O2/c13-9-3-1-8(2-4-9)7-11-15-12(18-16-11)10(17)5-6-14/h1-4,10,17H,5-7,14H2/t10-/m0/s1. The molecule has 0 fully saturated rings. The van der Waals surface area contributed by atoms with E-state index in [1.807, 2.05) is 12.1 Å². The van der Waals surface area contributed by atoms with Crippen molar-refractivity contribution in [3.8, 4) is 0 Å². The van der Waals surface area contributed by atoms with Crippen molar-refractivity contribution in [3.63, 3.8) is 0 Å². The van der Waals surface area contributed by atoms with Crippen molar-refractivity contribution in [2.24, 2.45) is 5.73 Å². The molecule has 5 nitrogen and oxygen atoms in total. The Bertz CT molecular complexity index is 498. The monoisotopic (exact) mass is 267 g/mol. The van der Waals surface area contributed by atoms with E-state index in [-0.39, 0.29) is 5.89 Å². The first-order valence-electron chi connectivity index (χ1n) is 5.64. The number of halogens is 1. The molecule has 1 aromatic heterocycles. The highest BCUT2D eigenvalue weighted by Crippen LogP contribution is 2.16. The van der Waals surface area contributed by atoms with Crippen LogP contribution in [-0.4, -0.2) is 21.8 Å². The molecule has 0 spiro atoms. The summed E-state index contributed by atoms with van der Waals surface area (Å²) in [5, 5.41) is 14.1. The second kappa shape index (κ2) is 5.95. The molecule has 0 radical (unpaired) electrons. The Morgan fingerprint density at radius 2 is 2.06 bits per heavy atom. The van der Waals surface area contributed by atoms with Gasteiger partial charge in [-0.15, -0.1) is 0 Å². The Kier molecular flexibility index (Phi) is 4.30. The summed E-state index contributed by atoms with van der Waals surface area (Å²) < 4.78 is 4.98. The molecule has 3 N–H and O–H groups in total. The number of aliphatic hydroxyl groups excluding tert-OH is 1. The van der Waals surface area contributed by atoms with E-state index < -0.39 is 6.10 Å². The fourth-order valence-electron chi connectivity index (χ4n) is 1.54. The van der Waals surface area contributed by atoms with Gasteiger partial charge in [-0.05, 0) is 30.7 Å². The summed E-state index contributed by atoms with van der Waals surface area (Å²) in [5.74, 6) is 0.743. The van der Waals surface area contributed by atoms with Crippen LogP contribution in [0.25, 0.3) is 0 Å². The summed E-state index contributed by atoms with van der Waals surface area (Å²) in [6.07, 6.45) is 0.153. The third kappa shape index (κ3) is 3.29. The predicted molar refractivity (Wildman–Crippen MR) is 67.2 cm³/mol. The Morgan fingerprint density at radius 1 is 1.33 bits per heavy atom. The summed E-state index contributed by atoms with van der Waals surface area (Å²) in [7, 11) is 0. The molecule has 0 aliphatic rings. The predicted octanol–water partition coefficient (Wildman–Crippen LogP) is 1.70. The second-order valence-corrected chi connectivity index (χ2v) is 4.38. The molecule has 0 unspecified atom stereocenters. The zero-order valence-electron chi connectivity index (χ0n) is 9.71. The number of hydrogen-bond acceptors (Lipinski definition) is 5. The number of aliphatic hydroxyl groups is 1. The smallest absolute Gasteiger partial charge is 0.255 e. The lowest BCUT2D eigenvalue weighted by atomic mass is 10.1. The van der Waals surface area contributed by atoms with Crippen LogP contribution in [0.5, 0.6) is 0 Å². The molecule has 6 heteroatoms. The van der Waals surface area contributed by atoms with Gasteiger partial charge in [-0.3, -0.25) is 0 Å². The summed E-state index contributed by atoms with van der Waals surface area (Å²) in [6, 6.07) is 7.41. The van der Waals surface area contributed by atoms with Crippen LogP contribution in [0.3, 0.4) is 0 Å². The van der Waals surface area contributed by atoms with Crippen LogP contribution >= 0.6 is 11.6 Å². The number of rotatable bonds is 5. The Hall–Kier alpha value is -1.43. The van der Waals surface area contributed by atoms with Gasteiger partial charge < -0.3 is 15.4 Å². The van der Waals surface area contributed by atoms with Gasteiger partial charge in [0.2, 0.25) is 0 Å². The van der Waals surface area contributed by atoms with Crippen LogP contribution in [0.2, 0.25) is 5.02 Å². The molecular formula is C12H14ClN3O2. The van der Waals surface area contributed by atoms with Gasteiger partial charge in [0.1, 0.15) is 6.10 Å². The molecule has 0 saturated carbocycles. The third-order valence-corrected chi connectivity index (χ3v) is 2.74. The van der Waals surface area contributed by atoms with Crippen molar-refractivity contribution >= 4 is 11.6 Å². The molecule has 96 valence electrons. The van der Waals surface area contributed by atoms with E-state index in [4.69, 9.17) is 21.9 Å². The maximum atomic E-state index is 9.64. The maximum Gasteiger partial charge on any atom is 0.255 e. The highest BCUT2D eigenvalue weighted by Gasteiger charge is 2.15. The van der Waals surface area contributed by atoms with Crippen molar-refractivity contribution in [2.75, 3.05) is 6.54 Å². The lowest BCUT2D eigenvalue weighted by molar-refractivity contribution is 0.127. The van der Waals surface area contributed by atoms with E-state index in [1.54, 1.807) is 12.1 Å². The lowest BCUT2D eigenvalue weighted by Gasteiger charge is -2.01. The zero-order chi connectivity index (χ0) is 13.0. The van der Waals surface area contributed by atoms with Crippen LogP contribution in [0.4, 0.5) is 0 Å². The topological polar surface area (TPSA) is 85.2 Å². The molecule has 18 heavy (non-hydrogen) atoms. The van der Waals surface area contributed by atoms with Gasteiger partial charge in [0.05, 0.1) is 0 Å². The highest BCUT2D eigenvalue weighted by atomic mass is 35.5. The molecule has 1 atom stereocenters. The van der Waals surface area contributed by atoms with Crippen LogP contribution < -0.4 is 5.73 Å². The molecule has 0 saturated heterocycles. The normalized spacial score (nSPS) is 12.6. The second-order valence-electron chi connectivity index (χ2n) is 3.95. The van der Waals surface area contributed by atoms with E-state index >= 15 is 0 Å². The van der Waals surface area contributed by atoms with Gasteiger partial charge in [0.15, 0.2) is 5.82 Å². The number of nitrogens with two attached hydrogens (primary N) is 1. The molecule has 0 bridgehead atoms. The van der Waals surface area contributed by atoms with Crippen molar-refractivity contribution in [2.45, 2.75) is 18.9 Å². The van der Waals surface area contributed by atoms with Gasteiger partial charge >= 0.3 is 0 Å². The minimum absolute atomic E-state index is 0.212. The van der Waals surface area contributed by atoms with Gasteiger partial charge in [-0.2, -0.15) is 4.98 Å². The van der Waals surface area contributed by atoms with Crippen LogP contribution in [0, 0.1) is 0 Å². The SMILES string of the molecule is NCC[C@H](O)c1nc(Cc2ccc(Cl)cc2)no1. The fourth-order valence-corrected chi connectivity index (χ4v) is 1.67.